The van der Waals surface area contributed by atoms with E-state index < -0.39 is 9.84 Å². The van der Waals surface area contributed by atoms with Crippen molar-refractivity contribution >= 4 is 38.4 Å². The van der Waals surface area contributed by atoms with Gasteiger partial charge in [-0.3, -0.25) is 14.2 Å². The van der Waals surface area contributed by atoms with Crippen LogP contribution in [0.2, 0.25) is 0 Å². The van der Waals surface area contributed by atoms with Gasteiger partial charge in [0.2, 0.25) is 5.91 Å². The van der Waals surface area contributed by atoms with Crippen LogP contribution in [0, 0.1) is 0 Å². The van der Waals surface area contributed by atoms with Crippen LogP contribution in [0.1, 0.15) is 31.1 Å². The van der Waals surface area contributed by atoms with E-state index in [1.807, 2.05) is 12.1 Å². The van der Waals surface area contributed by atoms with E-state index in [9.17, 15) is 18.0 Å². The molecule has 1 aliphatic carbocycles. The number of nitrogens with zero attached hydrogens (tertiary/aromatic N) is 3. The molecule has 3 heterocycles. The Bertz CT molecular complexity index is 1310. The second kappa shape index (κ2) is 8.40. The fourth-order valence-corrected chi connectivity index (χ4v) is 6.79. The van der Waals surface area contributed by atoms with E-state index in [0.29, 0.717) is 28.2 Å². The number of sulfone groups is 1. The second-order valence-corrected chi connectivity index (χ2v) is 11.4. The molecule has 10 heteroatoms. The fraction of sp³-hybridized carbons (Fsp3) is 0.409. The largest absolute Gasteiger partial charge is 0.467 e. The summed E-state index contributed by atoms with van der Waals surface area (Å²) in [6.45, 7) is 0.215. The van der Waals surface area contributed by atoms with Crippen molar-refractivity contribution in [2.24, 2.45) is 0 Å². The number of thioether (sulfide) groups is 1. The summed E-state index contributed by atoms with van der Waals surface area (Å²) < 4.78 is 31.2. The first-order valence-electron chi connectivity index (χ1n) is 10.6. The number of hydrogen-bond donors (Lipinski definition) is 0. The van der Waals surface area contributed by atoms with Gasteiger partial charge in [-0.25, -0.2) is 13.4 Å². The normalized spacial score (nSPS) is 19.9. The molecule has 0 bridgehead atoms. The SMILES string of the molecule is O=C(CSc1nc2ccccc2c(=O)n1C1CC1)N(Cc1ccco1)[C@@H]1CCS(=O)(=O)C1. The van der Waals surface area contributed by atoms with E-state index in [0.717, 1.165) is 12.8 Å². The third-order valence-corrected chi connectivity index (χ3v) is 8.58. The van der Waals surface area contributed by atoms with E-state index in [1.54, 1.807) is 33.7 Å². The van der Waals surface area contributed by atoms with Gasteiger partial charge in [0.1, 0.15) is 5.76 Å². The zero-order valence-electron chi connectivity index (χ0n) is 17.3. The van der Waals surface area contributed by atoms with E-state index in [1.165, 1.54) is 18.0 Å². The summed E-state index contributed by atoms with van der Waals surface area (Å²) in [7, 11) is -3.15. The summed E-state index contributed by atoms with van der Waals surface area (Å²) >= 11 is 1.23. The van der Waals surface area contributed by atoms with Gasteiger partial charge in [-0.15, -0.1) is 0 Å². The molecule has 2 aromatic heterocycles. The Balaban J connectivity index is 1.40. The Morgan fingerprint density at radius 2 is 2.00 bits per heavy atom. The predicted molar refractivity (Wildman–Crippen MR) is 121 cm³/mol. The van der Waals surface area contributed by atoms with Crippen molar-refractivity contribution in [3.8, 4) is 0 Å². The number of rotatable bonds is 7. The van der Waals surface area contributed by atoms with Crippen LogP contribution in [0.3, 0.4) is 0 Å². The number of carbonyl (C=O) groups is 1. The zero-order chi connectivity index (χ0) is 22.3. The van der Waals surface area contributed by atoms with Crippen molar-refractivity contribution < 1.29 is 17.6 Å². The third-order valence-electron chi connectivity index (χ3n) is 5.89. The van der Waals surface area contributed by atoms with Crippen LogP contribution in [-0.4, -0.2) is 52.1 Å². The Labute approximate surface area is 189 Å². The van der Waals surface area contributed by atoms with Gasteiger partial charge >= 0.3 is 0 Å². The summed E-state index contributed by atoms with van der Waals surface area (Å²) in [5, 5.41) is 1.10. The maximum Gasteiger partial charge on any atom is 0.262 e. The minimum atomic E-state index is -3.15. The summed E-state index contributed by atoms with van der Waals surface area (Å²) in [6, 6.07) is 10.5. The van der Waals surface area contributed by atoms with Crippen LogP contribution >= 0.6 is 11.8 Å². The fourth-order valence-electron chi connectivity index (χ4n) is 4.10. The summed E-state index contributed by atoms with van der Waals surface area (Å²) in [5.41, 5.74) is 0.529. The van der Waals surface area contributed by atoms with Gasteiger partial charge in [0.25, 0.3) is 5.56 Å². The number of amides is 1. The van der Waals surface area contributed by atoms with Gasteiger partial charge in [-0.1, -0.05) is 23.9 Å². The molecule has 8 nitrogen and oxygen atoms in total. The summed E-state index contributed by atoms with van der Waals surface area (Å²) in [5.74, 6) is 0.518. The molecule has 0 unspecified atom stereocenters. The highest BCUT2D eigenvalue weighted by molar-refractivity contribution is 7.99. The van der Waals surface area contributed by atoms with Gasteiger partial charge < -0.3 is 9.32 Å². The van der Waals surface area contributed by atoms with Crippen LogP contribution in [0.4, 0.5) is 0 Å². The second-order valence-electron chi connectivity index (χ2n) is 8.26. The molecule has 1 amide bonds. The van der Waals surface area contributed by atoms with E-state index in [4.69, 9.17) is 4.42 Å². The van der Waals surface area contributed by atoms with Crippen LogP contribution < -0.4 is 5.56 Å². The first-order chi connectivity index (χ1) is 15.4. The van der Waals surface area contributed by atoms with Gasteiger partial charge in [0.15, 0.2) is 15.0 Å². The van der Waals surface area contributed by atoms with E-state index in [2.05, 4.69) is 4.98 Å². The average Bonchev–Trinajstić information content (AvgIpc) is 3.34. The zero-order valence-corrected chi connectivity index (χ0v) is 19.0. The Kier molecular flexibility index (Phi) is 5.58. The Morgan fingerprint density at radius 3 is 2.69 bits per heavy atom. The molecule has 1 aliphatic heterocycles. The number of carbonyl (C=O) groups excluding carboxylic acids is 1. The lowest BCUT2D eigenvalue weighted by molar-refractivity contribution is -0.131. The molecule has 1 atom stereocenters. The summed E-state index contributed by atoms with van der Waals surface area (Å²) in [4.78, 5) is 32.5. The number of benzene rings is 1. The van der Waals surface area contributed by atoms with E-state index >= 15 is 0 Å². The van der Waals surface area contributed by atoms with Crippen molar-refractivity contribution in [1.29, 1.82) is 0 Å². The summed E-state index contributed by atoms with van der Waals surface area (Å²) in [6.07, 6.45) is 3.80. The average molecular weight is 474 g/mol. The molecule has 0 radical (unpaired) electrons. The highest BCUT2D eigenvalue weighted by atomic mass is 32.2. The predicted octanol–water partition coefficient (Wildman–Crippen LogP) is 2.63. The lowest BCUT2D eigenvalue weighted by atomic mass is 10.2. The molecular formula is C22H23N3O5S2. The number of aromatic nitrogens is 2. The van der Waals surface area contributed by atoms with Crippen molar-refractivity contribution in [2.75, 3.05) is 17.3 Å². The first-order valence-corrected chi connectivity index (χ1v) is 13.4. The molecule has 1 aromatic carbocycles. The monoisotopic (exact) mass is 473 g/mol. The van der Waals surface area contributed by atoms with Crippen molar-refractivity contribution in [3.63, 3.8) is 0 Å². The number of furan rings is 1. The minimum Gasteiger partial charge on any atom is -0.467 e. The van der Waals surface area contributed by atoms with E-state index in [-0.39, 0.29) is 47.4 Å². The number of hydrogen-bond acceptors (Lipinski definition) is 7. The van der Waals surface area contributed by atoms with Crippen molar-refractivity contribution in [1.82, 2.24) is 14.5 Å². The van der Waals surface area contributed by atoms with Crippen molar-refractivity contribution in [2.45, 2.75) is 43.0 Å². The molecule has 0 N–H and O–H groups in total. The molecule has 2 fully saturated rings. The van der Waals surface area contributed by atoms with Crippen LogP contribution in [-0.2, 0) is 21.2 Å². The maximum atomic E-state index is 13.2. The van der Waals surface area contributed by atoms with Crippen molar-refractivity contribution in [3.05, 3.63) is 58.8 Å². The lowest BCUT2D eigenvalue weighted by Gasteiger charge is -2.27. The van der Waals surface area contributed by atoms with Crippen LogP contribution in [0.25, 0.3) is 10.9 Å². The highest BCUT2D eigenvalue weighted by Crippen LogP contribution is 2.37. The molecule has 5 rings (SSSR count). The highest BCUT2D eigenvalue weighted by Gasteiger charge is 2.35. The number of fused-ring (bicyclic) bond motifs is 1. The maximum absolute atomic E-state index is 13.2. The molecule has 168 valence electrons. The van der Waals surface area contributed by atoms with Crippen LogP contribution in [0.5, 0.6) is 0 Å². The quantitative estimate of drug-likeness (QED) is 0.384. The van der Waals surface area contributed by atoms with Crippen LogP contribution in [0.15, 0.2) is 57.0 Å². The van der Waals surface area contributed by atoms with Gasteiger partial charge in [-0.05, 0) is 43.5 Å². The standard InChI is InChI=1S/C22H23N3O5S2/c26-20(24(12-17-4-3-10-30-17)16-9-11-32(28,29)14-16)13-31-22-23-19-6-2-1-5-18(19)21(27)25(22)15-7-8-15/h1-6,10,15-16H,7-9,11-14H2/t16-/m1/s1. The molecule has 3 aromatic rings. The van der Waals surface area contributed by atoms with Gasteiger partial charge in [0, 0.05) is 12.1 Å². The van der Waals surface area contributed by atoms with Gasteiger partial charge in [0.05, 0.1) is 41.0 Å². The molecule has 32 heavy (non-hydrogen) atoms. The molecule has 1 saturated carbocycles. The Hall–Kier alpha value is -2.59. The first kappa shape index (κ1) is 21.3. The smallest absolute Gasteiger partial charge is 0.262 e. The molecule has 0 spiro atoms. The molecular weight excluding hydrogens is 450 g/mol. The Morgan fingerprint density at radius 1 is 1.19 bits per heavy atom. The third kappa shape index (κ3) is 4.33. The minimum absolute atomic E-state index is 0.0366. The topological polar surface area (TPSA) is 102 Å². The molecule has 1 saturated heterocycles. The van der Waals surface area contributed by atoms with Gasteiger partial charge in [-0.2, -0.15) is 0 Å². The lowest BCUT2D eigenvalue weighted by Crippen LogP contribution is -2.41. The molecule has 2 aliphatic rings. The number of para-hydroxylation sites is 1.